The molecule has 0 spiro atoms. The van der Waals surface area contributed by atoms with Gasteiger partial charge in [0.2, 0.25) is 0 Å². The van der Waals surface area contributed by atoms with Gasteiger partial charge in [-0.05, 0) is 19.2 Å². The fraction of sp³-hybridized carbons (Fsp3) is 0.500. The molecule has 1 N–H and O–H groups in total. The van der Waals surface area contributed by atoms with Gasteiger partial charge in [-0.15, -0.1) is 0 Å². The van der Waals surface area contributed by atoms with Crippen LogP contribution < -0.4 is 5.56 Å². The summed E-state index contributed by atoms with van der Waals surface area (Å²) in [6, 6.07) is 4.31. The first-order valence-corrected chi connectivity index (χ1v) is 5.75. The molecule has 1 heterocycles. The number of likely N-dealkylation sites (N-methyl/N-ethyl adjacent to an activating group) is 1. The average Bonchev–Trinajstić information content (AvgIpc) is 2.31. The van der Waals surface area contributed by atoms with Gasteiger partial charge in [0.25, 0.3) is 5.56 Å². The van der Waals surface area contributed by atoms with Crippen molar-refractivity contribution >= 4 is 5.97 Å². The lowest BCUT2D eigenvalue weighted by molar-refractivity contribution is 0.0682. The van der Waals surface area contributed by atoms with Crippen molar-refractivity contribution in [1.29, 1.82) is 0 Å². The number of pyridine rings is 1. The van der Waals surface area contributed by atoms with Crippen molar-refractivity contribution in [3.8, 4) is 0 Å². The summed E-state index contributed by atoms with van der Waals surface area (Å²) in [5, 5.41) is 9.00. The Hall–Kier alpha value is -1.62. The Morgan fingerprint density at radius 3 is 2.53 bits per heavy atom. The van der Waals surface area contributed by atoms with Gasteiger partial charge in [0.05, 0.1) is 0 Å². The molecule has 0 atom stereocenters. The number of aromatic nitrogens is 1. The second-order valence-electron chi connectivity index (χ2n) is 3.73. The van der Waals surface area contributed by atoms with Gasteiger partial charge < -0.3 is 14.6 Å². The Morgan fingerprint density at radius 1 is 1.35 bits per heavy atom. The van der Waals surface area contributed by atoms with E-state index >= 15 is 0 Å². The lowest BCUT2D eigenvalue weighted by Crippen LogP contribution is -2.32. The summed E-state index contributed by atoms with van der Waals surface area (Å²) in [6.45, 7) is 6.94. The minimum absolute atomic E-state index is 0.0460. The van der Waals surface area contributed by atoms with E-state index in [4.69, 9.17) is 5.11 Å². The molecule has 0 bridgehead atoms. The Morgan fingerprint density at radius 2 is 2.00 bits per heavy atom. The molecule has 0 aromatic carbocycles. The zero-order chi connectivity index (χ0) is 12.8. The van der Waals surface area contributed by atoms with Crippen molar-refractivity contribution in [1.82, 2.24) is 9.47 Å². The monoisotopic (exact) mass is 238 g/mol. The van der Waals surface area contributed by atoms with Crippen LogP contribution in [0.5, 0.6) is 0 Å². The molecule has 1 aromatic heterocycles. The van der Waals surface area contributed by atoms with Crippen molar-refractivity contribution < 1.29 is 9.90 Å². The van der Waals surface area contributed by atoms with E-state index in [2.05, 4.69) is 4.90 Å². The van der Waals surface area contributed by atoms with E-state index < -0.39 is 5.97 Å². The molecule has 0 radical (unpaired) electrons. The summed E-state index contributed by atoms with van der Waals surface area (Å²) >= 11 is 0. The molecule has 1 rings (SSSR count). The third kappa shape index (κ3) is 3.42. The highest BCUT2D eigenvalue weighted by molar-refractivity contribution is 5.85. The molecular weight excluding hydrogens is 220 g/mol. The number of hydrogen-bond acceptors (Lipinski definition) is 3. The predicted octanol–water partition coefficient (Wildman–Crippen LogP) is 0.888. The smallest absolute Gasteiger partial charge is 0.352 e. The molecule has 5 heteroatoms. The summed E-state index contributed by atoms with van der Waals surface area (Å²) in [7, 11) is 0. The topological polar surface area (TPSA) is 62.5 Å². The highest BCUT2D eigenvalue weighted by Gasteiger charge is 2.10. The van der Waals surface area contributed by atoms with Crippen molar-refractivity contribution in [2.75, 3.05) is 19.6 Å². The van der Waals surface area contributed by atoms with E-state index in [9.17, 15) is 9.59 Å². The van der Waals surface area contributed by atoms with E-state index in [-0.39, 0.29) is 11.3 Å². The maximum absolute atomic E-state index is 11.6. The maximum Gasteiger partial charge on any atom is 0.352 e. The molecule has 0 saturated heterocycles. The van der Waals surface area contributed by atoms with Crippen LogP contribution in [0.4, 0.5) is 0 Å². The molecule has 0 saturated carbocycles. The fourth-order valence-corrected chi connectivity index (χ4v) is 1.72. The molecule has 0 aliphatic heterocycles. The summed E-state index contributed by atoms with van der Waals surface area (Å²) in [4.78, 5) is 24.7. The van der Waals surface area contributed by atoms with Crippen LogP contribution in [0.3, 0.4) is 0 Å². The number of carboxylic acid groups (broad SMARTS) is 1. The molecule has 94 valence electrons. The summed E-state index contributed by atoms with van der Waals surface area (Å²) in [5.41, 5.74) is -0.221. The maximum atomic E-state index is 11.6. The molecule has 0 unspecified atom stereocenters. The summed E-state index contributed by atoms with van der Waals surface area (Å²) in [5.74, 6) is -1.07. The third-order valence-electron chi connectivity index (χ3n) is 2.80. The average molecular weight is 238 g/mol. The number of carboxylic acids is 1. The number of carbonyl (C=O) groups is 1. The molecule has 17 heavy (non-hydrogen) atoms. The van der Waals surface area contributed by atoms with Crippen LogP contribution in [0.25, 0.3) is 0 Å². The molecule has 5 nitrogen and oxygen atoms in total. The van der Waals surface area contributed by atoms with Crippen LogP contribution in [0, 0.1) is 0 Å². The van der Waals surface area contributed by atoms with Crippen molar-refractivity contribution in [2.45, 2.75) is 20.4 Å². The van der Waals surface area contributed by atoms with Crippen molar-refractivity contribution in [3.63, 3.8) is 0 Å². The van der Waals surface area contributed by atoms with Crippen LogP contribution in [0.15, 0.2) is 23.0 Å². The highest BCUT2D eigenvalue weighted by Crippen LogP contribution is 1.98. The summed E-state index contributed by atoms with van der Waals surface area (Å²) in [6.07, 6.45) is 0. The lowest BCUT2D eigenvalue weighted by Gasteiger charge is -2.19. The van der Waals surface area contributed by atoms with Crippen LogP contribution >= 0.6 is 0 Å². The number of hydrogen-bond donors (Lipinski definition) is 1. The number of nitrogens with zero attached hydrogens (tertiary/aromatic N) is 2. The molecule has 1 aromatic rings. The third-order valence-corrected chi connectivity index (χ3v) is 2.80. The van der Waals surface area contributed by atoms with Gasteiger partial charge in [0.15, 0.2) is 0 Å². The van der Waals surface area contributed by atoms with Gasteiger partial charge in [-0.3, -0.25) is 4.79 Å². The van der Waals surface area contributed by atoms with Gasteiger partial charge in [-0.1, -0.05) is 19.9 Å². The Labute approximate surface area is 100 Å². The van der Waals surface area contributed by atoms with Gasteiger partial charge >= 0.3 is 5.97 Å². The predicted molar refractivity (Wildman–Crippen MR) is 65.4 cm³/mol. The first kappa shape index (κ1) is 13.4. The standard InChI is InChI=1S/C12H18N2O3/c1-3-13(4-2)8-9-14-10(12(16)17)6-5-7-11(14)15/h5-7H,3-4,8-9H2,1-2H3,(H,16,17). The SMILES string of the molecule is CCN(CC)CCn1c(C(=O)O)cccc1=O. The highest BCUT2D eigenvalue weighted by atomic mass is 16.4. The lowest BCUT2D eigenvalue weighted by atomic mass is 10.3. The number of rotatable bonds is 6. The Bertz CT molecular complexity index is 436. The van der Waals surface area contributed by atoms with Gasteiger partial charge in [0.1, 0.15) is 5.69 Å². The van der Waals surface area contributed by atoms with Gasteiger partial charge in [-0.25, -0.2) is 4.79 Å². The number of aromatic carboxylic acids is 1. The minimum Gasteiger partial charge on any atom is -0.477 e. The van der Waals surface area contributed by atoms with E-state index in [1.807, 2.05) is 13.8 Å². The second-order valence-corrected chi connectivity index (χ2v) is 3.73. The van der Waals surface area contributed by atoms with Gasteiger partial charge in [0, 0.05) is 19.2 Å². The van der Waals surface area contributed by atoms with Crippen molar-refractivity contribution in [2.24, 2.45) is 0 Å². The van der Waals surface area contributed by atoms with Crippen LogP contribution in [0.1, 0.15) is 24.3 Å². The van der Waals surface area contributed by atoms with Crippen LogP contribution in [0.2, 0.25) is 0 Å². The molecule has 0 amide bonds. The Kier molecular flexibility index (Phi) is 4.90. The molecular formula is C12H18N2O3. The fourth-order valence-electron chi connectivity index (χ4n) is 1.72. The summed E-state index contributed by atoms with van der Waals surface area (Å²) < 4.78 is 1.31. The van der Waals surface area contributed by atoms with E-state index in [0.717, 1.165) is 13.1 Å². The Balaban J connectivity index is 2.90. The van der Waals surface area contributed by atoms with Crippen LogP contribution in [-0.4, -0.2) is 40.2 Å². The molecule has 0 aliphatic carbocycles. The second kappa shape index (κ2) is 6.20. The van der Waals surface area contributed by atoms with Crippen LogP contribution in [-0.2, 0) is 6.54 Å². The quantitative estimate of drug-likeness (QED) is 0.799. The molecule has 0 aliphatic rings. The van der Waals surface area contributed by atoms with E-state index in [0.29, 0.717) is 13.1 Å². The van der Waals surface area contributed by atoms with E-state index in [1.165, 1.54) is 22.8 Å². The normalized spacial score (nSPS) is 10.8. The van der Waals surface area contributed by atoms with Gasteiger partial charge in [-0.2, -0.15) is 0 Å². The largest absolute Gasteiger partial charge is 0.477 e. The first-order chi connectivity index (χ1) is 8.10. The van der Waals surface area contributed by atoms with E-state index in [1.54, 1.807) is 0 Å². The zero-order valence-corrected chi connectivity index (χ0v) is 10.2. The first-order valence-electron chi connectivity index (χ1n) is 5.75. The molecule has 0 fully saturated rings. The van der Waals surface area contributed by atoms with Crippen molar-refractivity contribution in [3.05, 3.63) is 34.2 Å². The minimum atomic E-state index is -1.07. The zero-order valence-electron chi connectivity index (χ0n) is 10.2.